The van der Waals surface area contributed by atoms with Crippen molar-refractivity contribution in [3.63, 3.8) is 0 Å². The molecule has 2 aliphatic rings. The SMILES string of the molecule is CC1c2nnc(-c3nc(C4CCOCC4)ns3)n2CCN1C(=O)c1ccc(F)cc1. The van der Waals surface area contributed by atoms with Crippen LogP contribution < -0.4 is 0 Å². The number of rotatable bonds is 3. The van der Waals surface area contributed by atoms with Gasteiger partial charge in [-0.1, -0.05) is 0 Å². The largest absolute Gasteiger partial charge is 0.381 e. The van der Waals surface area contributed by atoms with Crippen molar-refractivity contribution in [2.75, 3.05) is 19.8 Å². The molecule has 0 spiro atoms. The molecule has 5 rings (SSSR count). The lowest BCUT2D eigenvalue weighted by Crippen LogP contribution is -2.41. The highest BCUT2D eigenvalue weighted by atomic mass is 32.1. The van der Waals surface area contributed by atoms with Gasteiger partial charge >= 0.3 is 0 Å². The summed E-state index contributed by atoms with van der Waals surface area (Å²) < 4.78 is 25.2. The van der Waals surface area contributed by atoms with E-state index in [9.17, 15) is 9.18 Å². The third kappa shape index (κ3) is 3.39. The highest BCUT2D eigenvalue weighted by molar-refractivity contribution is 7.09. The first-order valence-electron chi connectivity index (χ1n) is 10.0. The summed E-state index contributed by atoms with van der Waals surface area (Å²) in [6.07, 6.45) is 1.87. The van der Waals surface area contributed by atoms with Crippen LogP contribution >= 0.6 is 11.5 Å². The molecule has 0 bridgehead atoms. The molecule has 4 heterocycles. The molecular weight excluding hydrogens is 407 g/mol. The van der Waals surface area contributed by atoms with E-state index in [4.69, 9.17) is 9.72 Å². The number of hydrogen-bond donors (Lipinski definition) is 0. The van der Waals surface area contributed by atoms with Gasteiger partial charge in [-0.15, -0.1) is 10.2 Å². The number of carbonyl (C=O) groups excluding carboxylic acids is 1. The van der Waals surface area contributed by atoms with E-state index in [1.54, 1.807) is 4.90 Å². The smallest absolute Gasteiger partial charge is 0.254 e. The van der Waals surface area contributed by atoms with Crippen LogP contribution in [0.15, 0.2) is 24.3 Å². The molecule has 2 aromatic heterocycles. The lowest BCUT2D eigenvalue weighted by atomic mass is 10.00. The molecule has 3 aromatic rings. The Hall–Kier alpha value is -2.72. The second-order valence-corrected chi connectivity index (χ2v) is 8.31. The average Bonchev–Trinajstić information content (AvgIpc) is 3.42. The van der Waals surface area contributed by atoms with Gasteiger partial charge in [-0.25, -0.2) is 9.37 Å². The minimum atomic E-state index is -0.361. The Labute approximate surface area is 176 Å². The van der Waals surface area contributed by atoms with Crippen LogP contribution in [0.3, 0.4) is 0 Å². The van der Waals surface area contributed by atoms with Crippen molar-refractivity contribution in [2.45, 2.75) is 38.3 Å². The summed E-state index contributed by atoms with van der Waals surface area (Å²) in [5.74, 6) is 2.09. The maximum absolute atomic E-state index is 13.2. The van der Waals surface area contributed by atoms with Crippen LogP contribution in [-0.2, 0) is 11.3 Å². The molecule has 0 radical (unpaired) electrons. The fraction of sp³-hybridized carbons (Fsp3) is 0.450. The van der Waals surface area contributed by atoms with Gasteiger partial charge in [-0.3, -0.25) is 4.79 Å². The van der Waals surface area contributed by atoms with Crippen molar-refractivity contribution < 1.29 is 13.9 Å². The molecule has 1 atom stereocenters. The van der Waals surface area contributed by atoms with E-state index >= 15 is 0 Å². The summed E-state index contributed by atoms with van der Waals surface area (Å²) in [6.45, 7) is 4.50. The highest BCUT2D eigenvalue weighted by Gasteiger charge is 2.33. The van der Waals surface area contributed by atoms with Crippen molar-refractivity contribution in [1.82, 2.24) is 29.0 Å². The number of aromatic nitrogens is 5. The molecule has 10 heteroatoms. The molecule has 1 fully saturated rings. The maximum Gasteiger partial charge on any atom is 0.254 e. The molecule has 1 unspecified atom stereocenters. The number of nitrogens with zero attached hydrogens (tertiary/aromatic N) is 6. The van der Waals surface area contributed by atoms with E-state index in [0.717, 1.165) is 42.7 Å². The third-order valence-corrected chi connectivity index (χ3v) is 6.48. The van der Waals surface area contributed by atoms with E-state index in [-0.39, 0.29) is 17.8 Å². The van der Waals surface area contributed by atoms with E-state index in [0.29, 0.717) is 30.4 Å². The first-order valence-corrected chi connectivity index (χ1v) is 10.8. The normalized spacial score (nSPS) is 19.7. The zero-order valence-corrected chi connectivity index (χ0v) is 17.3. The predicted octanol–water partition coefficient (Wildman–Crippen LogP) is 3.05. The second kappa shape index (κ2) is 7.84. The van der Waals surface area contributed by atoms with Crippen LogP contribution in [0.25, 0.3) is 10.8 Å². The number of halogens is 1. The van der Waals surface area contributed by atoms with Crippen LogP contribution in [0.4, 0.5) is 4.39 Å². The molecular formula is C20H21FN6O2S. The Morgan fingerprint density at radius 1 is 1.17 bits per heavy atom. The van der Waals surface area contributed by atoms with E-state index in [1.165, 1.54) is 35.8 Å². The Morgan fingerprint density at radius 2 is 1.93 bits per heavy atom. The summed E-state index contributed by atoms with van der Waals surface area (Å²) in [5.41, 5.74) is 0.460. The summed E-state index contributed by atoms with van der Waals surface area (Å²) in [7, 11) is 0. The number of fused-ring (bicyclic) bond motifs is 1. The van der Waals surface area contributed by atoms with Crippen LogP contribution in [-0.4, -0.2) is 54.7 Å². The average molecular weight is 428 g/mol. The molecule has 1 amide bonds. The van der Waals surface area contributed by atoms with Crippen molar-refractivity contribution in [2.24, 2.45) is 0 Å². The van der Waals surface area contributed by atoms with Crippen molar-refractivity contribution >= 4 is 17.4 Å². The second-order valence-electron chi connectivity index (χ2n) is 7.56. The number of carbonyl (C=O) groups is 1. The van der Waals surface area contributed by atoms with Gasteiger partial charge in [0.25, 0.3) is 5.91 Å². The van der Waals surface area contributed by atoms with Crippen molar-refractivity contribution in [3.8, 4) is 10.8 Å². The van der Waals surface area contributed by atoms with Crippen LogP contribution in [0, 0.1) is 5.82 Å². The quantitative estimate of drug-likeness (QED) is 0.637. The van der Waals surface area contributed by atoms with Gasteiger partial charge in [-0.05, 0) is 55.6 Å². The molecule has 2 aliphatic heterocycles. The highest BCUT2D eigenvalue weighted by Crippen LogP contribution is 2.32. The Morgan fingerprint density at radius 3 is 2.70 bits per heavy atom. The lowest BCUT2D eigenvalue weighted by molar-refractivity contribution is 0.0638. The van der Waals surface area contributed by atoms with E-state index < -0.39 is 0 Å². The van der Waals surface area contributed by atoms with E-state index in [2.05, 4.69) is 14.6 Å². The first-order chi connectivity index (χ1) is 14.6. The monoisotopic (exact) mass is 428 g/mol. The zero-order valence-electron chi connectivity index (χ0n) is 16.5. The Kier molecular flexibility index (Phi) is 5.03. The Balaban J connectivity index is 1.38. The molecule has 0 aliphatic carbocycles. The molecule has 1 saturated heterocycles. The van der Waals surface area contributed by atoms with Crippen LogP contribution in [0.5, 0.6) is 0 Å². The topological polar surface area (TPSA) is 86.0 Å². The number of hydrogen-bond acceptors (Lipinski definition) is 7. The van der Waals surface area contributed by atoms with Crippen LogP contribution in [0.2, 0.25) is 0 Å². The fourth-order valence-electron chi connectivity index (χ4n) is 4.03. The van der Waals surface area contributed by atoms with Gasteiger partial charge in [0.05, 0.1) is 6.04 Å². The summed E-state index contributed by atoms with van der Waals surface area (Å²) >= 11 is 1.34. The summed E-state index contributed by atoms with van der Waals surface area (Å²) in [6, 6.07) is 5.37. The van der Waals surface area contributed by atoms with Crippen molar-refractivity contribution in [1.29, 1.82) is 0 Å². The Bertz CT molecular complexity index is 1060. The molecule has 0 saturated carbocycles. The fourth-order valence-corrected chi connectivity index (χ4v) is 4.76. The zero-order chi connectivity index (χ0) is 20.7. The van der Waals surface area contributed by atoms with Gasteiger partial charge in [0.2, 0.25) is 0 Å². The lowest BCUT2D eigenvalue weighted by Gasteiger charge is -2.33. The van der Waals surface area contributed by atoms with E-state index in [1.807, 2.05) is 11.5 Å². The minimum absolute atomic E-state index is 0.143. The predicted molar refractivity (Wildman–Crippen MR) is 108 cm³/mol. The van der Waals surface area contributed by atoms with Crippen molar-refractivity contribution in [3.05, 3.63) is 47.3 Å². The number of benzene rings is 1. The number of ether oxygens (including phenoxy) is 1. The molecule has 30 heavy (non-hydrogen) atoms. The van der Waals surface area contributed by atoms with Gasteiger partial charge < -0.3 is 14.2 Å². The molecule has 8 nitrogen and oxygen atoms in total. The number of amides is 1. The molecule has 156 valence electrons. The van der Waals surface area contributed by atoms with Gasteiger partial charge in [0, 0.05) is 37.8 Å². The maximum atomic E-state index is 13.2. The van der Waals surface area contributed by atoms with Gasteiger partial charge in [-0.2, -0.15) is 4.37 Å². The molecule has 0 N–H and O–H groups in total. The first kappa shape index (κ1) is 19.3. The standard InChI is InChI=1S/C20H21FN6O2S/c1-12-17-23-24-18(19-22-16(25-30-19)13-6-10-29-11-7-13)27(17)9-8-26(12)20(28)14-2-4-15(21)5-3-14/h2-5,12-13H,6-11H2,1H3. The van der Waals surface area contributed by atoms with Gasteiger partial charge in [0.1, 0.15) is 11.6 Å². The minimum Gasteiger partial charge on any atom is -0.381 e. The summed E-state index contributed by atoms with van der Waals surface area (Å²) in [5, 5.41) is 9.47. The van der Waals surface area contributed by atoms with Gasteiger partial charge in [0.15, 0.2) is 16.7 Å². The summed E-state index contributed by atoms with van der Waals surface area (Å²) in [4.78, 5) is 19.4. The van der Waals surface area contributed by atoms with Crippen LogP contribution in [0.1, 0.15) is 53.7 Å². The third-order valence-electron chi connectivity index (χ3n) is 5.76. The molecule has 1 aromatic carbocycles.